The number of nitrogens with one attached hydrogen (secondary N) is 1. The molecule has 1 aliphatic carbocycles. The van der Waals surface area contributed by atoms with Gasteiger partial charge in [0.25, 0.3) is 0 Å². The number of carbonyl (C=O) groups is 2. The van der Waals surface area contributed by atoms with E-state index < -0.39 is 29.2 Å². The highest BCUT2D eigenvalue weighted by molar-refractivity contribution is 5.91. The predicted octanol–water partition coefficient (Wildman–Crippen LogP) is 0.956. The van der Waals surface area contributed by atoms with E-state index in [4.69, 9.17) is 10.8 Å². The average molecular weight is 252 g/mol. The molecular weight excluding hydrogens is 239 g/mol. The Kier molecular flexibility index (Phi) is 2.94. The van der Waals surface area contributed by atoms with Gasteiger partial charge < -0.3 is 16.2 Å². The molecule has 1 saturated carbocycles. The Morgan fingerprint density at radius 2 is 2.00 bits per heavy atom. The number of nitrogens with two attached hydrogens (primary N) is 1. The molecule has 1 amide bonds. The molecule has 2 rings (SSSR count). The smallest absolute Gasteiger partial charge is 0.306 e. The number of halogens is 1. The summed E-state index contributed by atoms with van der Waals surface area (Å²) in [6.07, 6.45) is 0.151. The van der Waals surface area contributed by atoms with Crippen LogP contribution in [0.25, 0.3) is 0 Å². The van der Waals surface area contributed by atoms with Crippen LogP contribution in [-0.2, 0) is 9.59 Å². The first-order chi connectivity index (χ1) is 8.44. The number of amides is 1. The van der Waals surface area contributed by atoms with Crippen molar-refractivity contribution >= 4 is 17.6 Å². The number of primary amides is 1. The van der Waals surface area contributed by atoms with Crippen molar-refractivity contribution in [2.24, 2.45) is 11.7 Å². The van der Waals surface area contributed by atoms with Crippen molar-refractivity contribution in [3.63, 3.8) is 0 Å². The van der Waals surface area contributed by atoms with Crippen LogP contribution in [0.15, 0.2) is 24.3 Å². The molecule has 0 spiro atoms. The monoisotopic (exact) mass is 252 g/mol. The van der Waals surface area contributed by atoms with Crippen LogP contribution in [0.3, 0.4) is 0 Å². The number of carbonyl (C=O) groups excluding carboxylic acids is 1. The van der Waals surface area contributed by atoms with Crippen molar-refractivity contribution in [1.82, 2.24) is 0 Å². The van der Waals surface area contributed by atoms with Crippen molar-refractivity contribution in [1.29, 1.82) is 0 Å². The minimum Gasteiger partial charge on any atom is -0.481 e. The molecule has 6 heteroatoms. The Morgan fingerprint density at radius 1 is 1.39 bits per heavy atom. The number of anilines is 1. The summed E-state index contributed by atoms with van der Waals surface area (Å²) < 4.78 is 13.5. The van der Waals surface area contributed by atoms with Gasteiger partial charge in [-0.1, -0.05) is 12.1 Å². The molecule has 1 aromatic carbocycles. The van der Waals surface area contributed by atoms with Crippen LogP contribution in [0, 0.1) is 11.7 Å². The Bertz CT molecular complexity index is 498. The van der Waals surface area contributed by atoms with Crippen LogP contribution in [-0.4, -0.2) is 22.5 Å². The van der Waals surface area contributed by atoms with E-state index in [2.05, 4.69) is 5.32 Å². The Balaban J connectivity index is 2.17. The zero-order valence-corrected chi connectivity index (χ0v) is 9.52. The number of benzene rings is 1. The normalized spacial score (nSPS) is 26.2. The first-order valence-electron chi connectivity index (χ1n) is 5.50. The van der Waals surface area contributed by atoms with Gasteiger partial charge in [0, 0.05) is 0 Å². The Labute approximate surface area is 103 Å². The summed E-state index contributed by atoms with van der Waals surface area (Å²) in [5.41, 5.74) is 4.27. The molecule has 0 radical (unpaired) electrons. The van der Waals surface area contributed by atoms with E-state index in [1.165, 1.54) is 18.2 Å². The molecule has 0 aliphatic heterocycles. The minimum atomic E-state index is -1.16. The summed E-state index contributed by atoms with van der Waals surface area (Å²) in [4.78, 5) is 22.2. The van der Waals surface area contributed by atoms with Gasteiger partial charge in [0.1, 0.15) is 11.4 Å². The first kappa shape index (κ1) is 12.3. The van der Waals surface area contributed by atoms with Gasteiger partial charge in [-0.25, -0.2) is 4.39 Å². The van der Waals surface area contributed by atoms with Gasteiger partial charge in [-0.15, -0.1) is 0 Å². The highest BCUT2D eigenvalue weighted by atomic mass is 19.1. The van der Waals surface area contributed by atoms with Gasteiger partial charge in [-0.05, 0) is 25.0 Å². The molecular formula is C12H13FN2O3. The van der Waals surface area contributed by atoms with E-state index in [0.29, 0.717) is 0 Å². The van der Waals surface area contributed by atoms with Crippen molar-refractivity contribution in [2.45, 2.75) is 18.4 Å². The summed E-state index contributed by atoms with van der Waals surface area (Å²) in [7, 11) is 0. The molecule has 0 saturated heterocycles. The quantitative estimate of drug-likeness (QED) is 0.744. The van der Waals surface area contributed by atoms with E-state index >= 15 is 0 Å². The number of hydrogen-bond acceptors (Lipinski definition) is 3. The second-order valence-electron chi connectivity index (χ2n) is 4.49. The molecule has 5 nitrogen and oxygen atoms in total. The molecule has 1 fully saturated rings. The lowest BCUT2D eigenvalue weighted by atomic mass is 9.67. The number of carboxylic acid groups (broad SMARTS) is 1. The maximum Gasteiger partial charge on any atom is 0.306 e. The third-order valence-corrected chi connectivity index (χ3v) is 3.26. The van der Waals surface area contributed by atoms with Crippen LogP contribution in [0.1, 0.15) is 12.8 Å². The second kappa shape index (κ2) is 4.29. The van der Waals surface area contributed by atoms with Crippen LogP contribution in [0.2, 0.25) is 0 Å². The van der Waals surface area contributed by atoms with Crippen LogP contribution in [0.4, 0.5) is 10.1 Å². The van der Waals surface area contributed by atoms with Crippen molar-refractivity contribution in [2.75, 3.05) is 5.32 Å². The standard InChI is InChI=1S/C12H13FN2O3/c13-8-3-1-2-4-9(8)15-12(11(14)18)5-7(6-12)10(16)17/h1-4,7,15H,5-6H2,(H2,14,18)(H,16,17). The van der Waals surface area contributed by atoms with Gasteiger partial charge in [-0.3, -0.25) is 9.59 Å². The molecule has 0 atom stereocenters. The molecule has 0 unspecified atom stereocenters. The fraction of sp³-hybridized carbons (Fsp3) is 0.333. The lowest BCUT2D eigenvalue weighted by Gasteiger charge is -2.44. The van der Waals surface area contributed by atoms with Crippen LogP contribution < -0.4 is 11.1 Å². The highest BCUT2D eigenvalue weighted by Crippen LogP contribution is 2.40. The molecule has 0 bridgehead atoms. The van der Waals surface area contributed by atoms with Gasteiger partial charge in [-0.2, -0.15) is 0 Å². The summed E-state index contributed by atoms with van der Waals surface area (Å²) in [5.74, 6) is -2.75. The molecule has 4 N–H and O–H groups in total. The maximum atomic E-state index is 13.5. The summed E-state index contributed by atoms with van der Waals surface area (Å²) >= 11 is 0. The zero-order valence-electron chi connectivity index (χ0n) is 9.52. The molecule has 0 heterocycles. The lowest BCUT2D eigenvalue weighted by molar-refractivity contribution is -0.148. The fourth-order valence-corrected chi connectivity index (χ4v) is 2.14. The molecule has 96 valence electrons. The summed E-state index contributed by atoms with van der Waals surface area (Å²) in [6.45, 7) is 0. The van der Waals surface area contributed by atoms with E-state index in [9.17, 15) is 14.0 Å². The molecule has 0 aromatic heterocycles. The average Bonchev–Trinajstić information content (AvgIpc) is 2.24. The van der Waals surface area contributed by atoms with Gasteiger partial charge >= 0.3 is 5.97 Å². The highest BCUT2D eigenvalue weighted by Gasteiger charge is 2.52. The third kappa shape index (κ3) is 2.01. The molecule has 1 aromatic rings. The molecule has 1 aliphatic rings. The summed E-state index contributed by atoms with van der Waals surface area (Å²) in [5, 5.41) is 11.5. The van der Waals surface area contributed by atoms with E-state index in [0.717, 1.165) is 0 Å². The van der Waals surface area contributed by atoms with Crippen LogP contribution >= 0.6 is 0 Å². The number of para-hydroxylation sites is 1. The third-order valence-electron chi connectivity index (χ3n) is 3.26. The minimum absolute atomic E-state index is 0.0754. The van der Waals surface area contributed by atoms with Gasteiger partial charge in [0.2, 0.25) is 5.91 Å². The Hall–Kier alpha value is -2.11. The zero-order chi connectivity index (χ0) is 13.3. The van der Waals surface area contributed by atoms with Gasteiger partial charge in [0.05, 0.1) is 11.6 Å². The number of rotatable bonds is 4. The number of carboxylic acids is 1. The van der Waals surface area contributed by atoms with Crippen molar-refractivity contribution in [3.05, 3.63) is 30.1 Å². The van der Waals surface area contributed by atoms with E-state index in [1.54, 1.807) is 6.07 Å². The first-order valence-corrected chi connectivity index (χ1v) is 5.50. The van der Waals surface area contributed by atoms with E-state index in [1.807, 2.05) is 0 Å². The maximum absolute atomic E-state index is 13.5. The lowest BCUT2D eigenvalue weighted by Crippen LogP contribution is -2.60. The SMILES string of the molecule is NC(=O)C1(Nc2ccccc2F)CC(C(=O)O)C1. The molecule has 18 heavy (non-hydrogen) atoms. The van der Waals surface area contributed by atoms with Gasteiger partial charge in [0.15, 0.2) is 0 Å². The van der Waals surface area contributed by atoms with E-state index in [-0.39, 0.29) is 18.5 Å². The fourth-order valence-electron chi connectivity index (χ4n) is 2.14. The summed E-state index contributed by atoms with van der Waals surface area (Å²) in [6, 6.07) is 5.88. The Morgan fingerprint density at radius 3 is 2.50 bits per heavy atom. The second-order valence-corrected chi connectivity index (χ2v) is 4.49. The topological polar surface area (TPSA) is 92.4 Å². The largest absolute Gasteiger partial charge is 0.481 e. The van der Waals surface area contributed by atoms with Crippen molar-refractivity contribution < 1.29 is 19.1 Å². The predicted molar refractivity (Wildman–Crippen MR) is 62.3 cm³/mol. The van der Waals surface area contributed by atoms with Crippen LogP contribution in [0.5, 0.6) is 0 Å². The number of aliphatic carboxylic acids is 1. The van der Waals surface area contributed by atoms with Crippen molar-refractivity contribution in [3.8, 4) is 0 Å². The number of hydrogen-bond donors (Lipinski definition) is 3.